The summed E-state index contributed by atoms with van der Waals surface area (Å²) in [6.45, 7) is 2.06. The highest BCUT2D eigenvalue weighted by atomic mass is 16.2. The number of para-hydroxylation sites is 1. The molecule has 1 amide bonds. The molecule has 0 bridgehead atoms. The molecule has 2 atom stereocenters. The summed E-state index contributed by atoms with van der Waals surface area (Å²) in [7, 11) is 1.88. The number of fused-ring (bicyclic) bond motifs is 1. The van der Waals surface area contributed by atoms with Gasteiger partial charge in [0.25, 0.3) is 0 Å². The van der Waals surface area contributed by atoms with Crippen LogP contribution in [-0.2, 0) is 11.2 Å². The first kappa shape index (κ1) is 13.7. The first-order chi connectivity index (χ1) is 10.2. The SMILES string of the molecule is CC(c1ccccc1)N(C)C(=O)C1Cc2ccccc2N1. The van der Waals surface area contributed by atoms with E-state index in [1.165, 1.54) is 5.56 Å². The lowest BCUT2D eigenvalue weighted by Crippen LogP contribution is -2.41. The normalized spacial score (nSPS) is 17.7. The van der Waals surface area contributed by atoms with E-state index in [0.29, 0.717) is 0 Å². The summed E-state index contributed by atoms with van der Waals surface area (Å²) in [6.07, 6.45) is 0.765. The summed E-state index contributed by atoms with van der Waals surface area (Å²) < 4.78 is 0. The van der Waals surface area contributed by atoms with Crippen LogP contribution in [0.25, 0.3) is 0 Å². The monoisotopic (exact) mass is 280 g/mol. The lowest BCUT2D eigenvalue weighted by molar-refractivity contribution is -0.132. The maximum Gasteiger partial charge on any atom is 0.245 e. The van der Waals surface area contributed by atoms with E-state index in [9.17, 15) is 4.79 Å². The lowest BCUT2D eigenvalue weighted by atomic mass is 10.1. The Bertz CT molecular complexity index is 614. The van der Waals surface area contributed by atoms with Crippen molar-refractivity contribution in [2.45, 2.75) is 25.4 Å². The molecule has 3 nitrogen and oxygen atoms in total. The van der Waals surface area contributed by atoms with Crippen LogP contribution in [0.2, 0.25) is 0 Å². The van der Waals surface area contributed by atoms with Gasteiger partial charge >= 0.3 is 0 Å². The minimum absolute atomic E-state index is 0.0733. The molecule has 2 unspecified atom stereocenters. The fourth-order valence-electron chi connectivity index (χ4n) is 2.84. The first-order valence-corrected chi connectivity index (χ1v) is 7.33. The Morgan fingerprint density at radius 1 is 1.14 bits per heavy atom. The van der Waals surface area contributed by atoms with Gasteiger partial charge in [-0.3, -0.25) is 4.79 Å². The van der Waals surface area contributed by atoms with E-state index in [1.54, 1.807) is 0 Å². The number of amides is 1. The Morgan fingerprint density at radius 2 is 1.81 bits per heavy atom. The van der Waals surface area contributed by atoms with Gasteiger partial charge in [0.15, 0.2) is 0 Å². The highest BCUT2D eigenvalue weighted by Crippen LogP contribution is 2.27. The average Bonchev–Trinajstić information content (AvgIpc) is 2.97. The maximum absolute atomic E-state index is 12.7. The van der Waals surface area contributed by atoms with Crippen molar-refractivity contribution in [3.05, 3.63) is 65.7 Å². The predicted octanol–water partition coefficient (Wildman–Crippen LogP) is 3.24. The van der Waals surface area contributed by atoms with Crippen molar-refractivity contribution in [1.29, 1.82) is 0 Å². The molecule has 0 saturated heterocycles. The molecule has 0 aromatic heterocycles. The Hall–Kier alpha value is -2.29. The van der Waals surface area contributed by atoms with Crippen molar-refractivity contribution in [3.63, 3.8) is 0 Å². The van der Waals surface area contributed by atoms with E-state index in [4.69, 9.17) is 0 Å². The second kappa shape index (κ2) is 5.60. The van der Waals surface area contributed by atoms with Gasteiger partial charge in [0.05, 0.1) is 6.04 Å². The zero-order valence-electron chi connectivity index (χ0n) is 12.4. The molecule has 1 aliphatic rings. The van der Waals surface area contributed by atoms with Crippen LogP contribution in [0, 0.1) is 0 Å². The Kier molecular flexibility index (Phi) is 3.65. The molecule has 1 aliphatic heterocycles. The molecule has 3 heteroatoms. The van der Waals surface area contributed by atoms with Crippen LogP contribution < -0.4 is 5.32 Å². The third-order valence-electron chi connectivity index (χ3n) is 4.28. The molecule has 21 heavy (non-hydrogen) atoms. The van der Waals surface area contributed by atoms with Crippen LogP contribution in [0.1, 0.15) is 24.1 Å². The van der Waals surface area contributed by atoms with Gasteiger partial charge in [-0.2, -0.15) is 0 Å². The third-order valence-corrected chi connectivity index (χ3v) is 4.28. The molecule has 3 rings (SSSR count). The first-order valence-electron chi connectivity index (χ1n) is 7.33. The van der Waals surface area contributed by atoms with Gasteiger partial charge in [-0.05, 0) is 24.1 Å². The van der Waals surface area contributed by atoms with Crippen LogP contribution in [-0.4, -0.2) is 23.9 Å². The van der Waals surface area contributed by atoms with E-state index >= 15 is 0 Å². The number of benzene rings is 2. The van der Waals surface area contributed by atoms with E-state index < -0.39 is 0 Å². The molecular weight excluding hydrogens is 260 g/mol. The molecular formula is C18H20N2O. The van der Waals surface area contributed by atoms with Crippen LogP contribution in [0.15, 0.2) is 54.6 Å². The Morgan fingerprint density at radius 3 is 2.52 bits per heavy atom. The molecule has 0 radical (unpaired) electrons. The number of hydrogen-bond acceptors (Lipinski definition) is 2. The average molecular weight is 280 g/mol. The molecule has 2 aromatic rings. The van der Waals surface area contributed by atoms with Gasteiger partial charge in [-0.15, -0.1) is 0 Å². The van der Waals surface area contributed by atoms with E-state index in [-0.39, 0.29) is 18.0 Å². The third kappa shape index (κ3) is 2.64. The second-order valence-electron chi connectivity index (χ2n) is 5.59. The highest BCUT2D eigenvalue weighted by Gasteiger charge is 2.30. The number of hydrogen-bond donors (Lipinski definition) is 1. The molecule has 0 fully saturated rings. The number of nitrogens with zero attached hydrogens (tertiary/aromatic N) is 1. The van der Waals surface area contributed by atoms with Crippen molar-refractivity contribution in [3.8, 4) is 0 Å². The van der Waals surface area contributed by atoms with E-state index in [0.717, 1.165) is 17.7 Å². The maximum atomic E-state index is 12.7. The minimum Gasteiger partial charge on any atom is -0.373 e. The van der Waals surface area contributed by atoms with E-state index in [2.05, 4.69) is 30.4 Å². The quantitative estimate of drug-likeness (QED) is 0.936. The molecule has 1 heterocycles. The molecule has 108 valence electrons. The largest absolute Gasteiger partial charge is 0.373 e. The molecule has 0 spiro atoms. The van der Waals surface area contributed by atoms with Gasteiger partial charge < -0.3 is 10.2 Å². The van der Waals surface area contributed by atoms with Gasteiger partial charge in [-0.1, -0.05) is 48.5 Å². The van der Waals surface area contributed by atoms with Gasteiger partial charge in [0, 0.05) is 19.2 Å². The predicted molar refractivity (Wildman–Crippen MR) is 85.2 cm³/mol. The van der Waals surface area contributed by atoms with Crippen molar-refractivity contribution in [2.75, 3.05) is 12.4 Å². The molecule has 0 aliphatic carbocycles. The molecule has 2 aromatic carbocycles. The fraction of sp³-hybridized carbons (Fsp3) is 0.278. The zero-order chi connectivity index (χ0) is 14.8. The smallest absolute Gasteiger partial charge is 0.245 e. The summed E-state index contributed by atoms with van der Waals surface area (Å²) in [5, 5.41) is 3.33. The number of nitrogens with one attached hydrogen (secondary N) is 1. The van der Waals surface area contributed by atoms with Crippen LogP contribution in [0.3, 0.4) is 0 Å². The number of likely N-dealkylation sites (N-methyl/N-ethyl adjacent to an activating group) is 1. The van der Waals surface area contributed by atoms with Crippen molar-refractivity contribution in [1.82, 2.24) is 4.90 Å². The zero-order valence-corrected chi connectivity index (χ0v) is 12.4. The number of carbonyl (C=O) groups excluding carboxylic acids is 1. The topological polar surface area (TPSA) is 32.3 Å². The van der Waals surface area contributed by atoms with Crippen molar-refractivity contribution < 1.29 is 4.79 Å². The minimum atomic E-state index is -0.154. The van der Waals surface area contributed by atoms with Crippen LogP contribution >= 0.6 is 0 Å². The van der Waals surface area contributed by atoms with Gasteiger partial charge in [0.1, 0.15) is 6.04 Å². The summed E-state index contributed by atoms with van der Waals surface area (Å²) in [6, 6.07) is 18.2. The number of carbonyl (C=O) groups is 1. The van der Waals surface area contributed by atoms with E-state index in [1.807, 2.05) is 48.3 Å². The summed E-state index contributed by atoms with van der Waals surface area (Å²) in [5.74, 6) is 0.141. The lowest BCUT2D eigenvalue weighted by Gasteiger charge is -2.28. The number of rotatable bonds is 3. The molecule has 1 N–H and O–H groups in total. The Balaban J connectivity index is 1.72. The van der Waals surface area contributed by atoms with Gasteiger partial charge in [-0.25, -0.2) is 0 Å². The number of anilines is 1. The molecule has 0 saturated carbocycles. The van der Waals surface area contributed by atoms with Gasteiger partial charge in [0.2, 0.25) is 5.91 Å². The van der Waals surface area contributed by atoms with Crippen molar-refractivity contribution >= 4 is 11.6 Å². The summed E-state index contributed by atoms with van der Waals surface area (Å²) in [5.41, 5.74) is 3.46. The Labute approximate surface area is 125 Å². The standard InChI is InChI=1S/C18H20N2O/c1-13(14-8-4-3-5-9-14)20(2)18(21)17-12-15-10-6-7-11-16(15)19-17/h3-11,13,17,19H,12H2,1-2H3. The van der Waals surface area contributed by atoms with Crippen LogP contribution in [0.5, 0.6) is 0 Å². The highest BCUT2D eigenvalue weighted by molar-refractivity contribution is 5.87. The van der Waals surface area contributed by atoms with Crippen LogP contribution in [0.4, 0.5) is 5.69 Å². The second-order valence-corrected chi connectivity index (χ2v) is 5.59. The summed E-state index contributed by atoms with van der Waals surface area (Å²) >= 11 is 0. The summed E-state index contributed by atoms with van der Waals surface area (Å²) in [4.78, 5) is 14.5. The fourth-order valence-corrected chi connectivity index (χ4v) is 2.84. The van der Waals surface area contributed by atoms with Crippen molar-refractivity contribution in [2.24, 2.45) is 0 Å².